The van der Waals surface area contributed by atoms with Gasteiger partial charge in [-0.2, -0.15) is 0 Å². The number of benzene rings is 1. The van der Waals surface area contributed by atoms with Crippen molar-refractivity contribution in [3.63, 3.8) is 0 Å². The summed E-state index contributed by atoms with van der Waals surface area (Å²) in [5.41, 5.74) is 0.806. The van der Waals surface area contributed by atoms with E-state index in [1.54, 1.807) is 6.07 Å². The number of hydrogen-bond donors (Lipinski definition) is 1. The standard InChI is InChI=1S/C14H23FN2O/c1-5-17(11(2)9-16(3)4)10-12-6-13(15)8-14(18)7-12/h6-8,11,18H,5,9-10H2,1-4H3. The molecule has 18 heavy (non-hydrogen) atoms. The number of nitrogens with zero attached hydrogens (tertiary/aromatic N) is 2. The fourth-order valence-corrected chi connectivity index (χ4v) is 2.18. The lowest BCUT2D eigenvalue weighted by atomic mass is 10.1. The second-order valence-corrected chi connectivity index (χ2v) is 4.99. The van der Waals surface area contributed by atoms with Crippen molar-refractivity contribution in [1.82, 2.24) is 9.80 Å². The number of rotatable bonds is 6. The first kappa shape index (κ1) is 14.9. The van der Waals surface area contributed by atoms with Gasteiger partial charge in [0.1, 0.15) is 11.6 Å². The van der Waals surface area contributed by atoms with Gasteiger partial charge in [0.05, 0.1) is 0 Å². The zero-order valence-corrected chi connectivity index (χ0v) is 11.7. The molecular weight excluding hydrogens is 231 g/mol. The van der Waals surface area contributed by atoms with E-state index < -0.39 is 0 Å². The molecule has 0 heterocycles. The van der Waals surface area contributed by atoms with E-state index in [-0.39, 0.29) is 11.6 Å². The van der Waals surface area contributed by atoms with Gasteiger partial charge >= 0.3 is 0 Å². The molecule has 0 aliphatic heterocycles. The Bertz CT molecular complexity index is 362. The lowest BCUT2D eigenvalue weighted by Crippen LogP contribution is -2.39. The van der Waals surface area contributed by atoms with Crippen molar-refractivity contribution in [3.8, 4) is 5.75 Å². The summed E-state index contributed by atoms with van der Waals surface area (Å²) in [4.78, 5) is 4.39. The van der Waals surface area contributed by atoms with Gasteiger partial charge in [0, 0.05) is 25.2 Å². The molecule has 0 saturated heterocycles. The molecule has 1 aromatic carbocycles. The highest BCUT2D eigenvalue weighted by Crippen LogP contribution is 2.17. The summed E-state index contributed by atoms with van der Waals surface area (Å²) in [5.74, 6) is -0.400. The minimum Gasteiger partial charge on any atom is -0.508 e. The summed E-state index contributed by atoms with van der Waals surface area (Å²) >= 11 is 0. The summed E-state index contributed by atoms with van der Waals surface area (Å²) in [6, 6.07) is 4.61. The SMILES string of the molecule is CCN(Cc1cc(O)cc(F)c1)C(C)CN(C)C. The highest BCUT2D eigenvalue weighted by molar-refractivity contribution is 5.28. The van der Waals surface area contributed by atoms with Crippen LogP contribution in [-0.2, 0) is 6.54 Å². The van der Waals surface area contributed by atoms with Crippen molar-refractivity contribution in [2.24, 2.45) is 0 Å². The third-order valence-corrected chi connectivity index (χ3v) is 2.99. The molecule has 0 amide bonds. The quantitative estimate of drug-likeness (QED) is 0.844. The Morgan fingerprint density at radius 3 is 2.44 bits per heavy atom. The number of phenolic OH excluding ortho intramolecular Hbond substituents is 1. The maximum Gasteiger partial charge on any atom is 0.127 e. The highest BCUT2D eigenvalue weighted by Gasteiger charge is 2.14. The van der Waals surface area contributed by atoms with Crippen LogP contribution in [0.1, 0.15) is 19.4 Å². The van der Waals surface area contributed by atoms with Gasteiger partial charge < -0.3 is 10.0 Å². The number of likely N-dealkylation sites (N-methyl/N-ethyl adjacent to an activating group) is 2. The van der Waals surface area contributed by atoms with Gasteiger partial charge in [-0.3, -0.25) is 4.90 Å². The van der Waals surface area contributed by atoms with E-state index in [1.807, 2.05) is 14.1 Å². The van der Waals surface area contributed by atoms with Crippen LogP contribution in [0, 0.1) is 5.82 Å². The maximum atomic E-state index is 13.2. The van der Waals surface area contributed by atoms with Crippen molar-refractivity contribution in [1.29, 1.82) is 0 Å². The Kier molecular flexibility index (Phi) is 5.56. The van der Waals surface area contributed by atoms with Crippen molar-refractivity contribution in [2.45, 2.75) is 26.4 Å². The Morgan fingerprint density at radius 2 is 1.94 bits per heavy atom. The zero-order chi connectivity index (χ0) is 13.7. The number of halogens is 1. The van der Waals surface area contributed by atoms with Crippen molar-refractivity contribution < 1.29 is 9.50 Å². The van der Waals surface area contributed by atoms with E-state index in [1.165, 1.54) is 6.07 Å². The summed E-state index contributed by atoms with van der Waals surface area (Å²) in [6.45, 7) is 6.74. The molecule has 1 unspecified atom stereocenters. The third-order valence-electron chi connectivity index (χ3n) is 2.99. The minimum absolute atomic E-state index is 0.0127. The molecule has 0 saturated carbocycles. The van der Waals surface area contributed by atoms with Gasteiger partial charge in [-0.1, -0.05) is 6.92 Å². The summed E-state index contributed by atoms with van der Waals surface area (Å²) in [6.07, 6.45) is 0. The van der Waals surface area contributed by atoms with Crippen molar-refractivity contribution in [3.05, 3.63) is 29.6 Å². The van der Waals surface area contributed by atoms with Crippen LogP contribution in [0.4, 0.5) is 4.39 Å². The maximum absolute atomic E-state index is 13.2. The summed E-state index contributed by atoms with van der Waals surface area (Å²) < 4.78 is 13.2. The molecular formula is C14H23FN2O. The van der Waals surface area contributed by atoms with Crippen LogP contribution >= 0.6 is 0 Å². The molecule has 1 N–H and O–H groups in total. The van der Waals surface area contributed by atoms with Crippen LogP contribution in [0.25, 0.3) is 0 Å². The van der Waals surface area contributed by atoms with Crippen molar-refractivity contribution >= 4 is 0 Å². The molecule has 4 heteroatoms. The first-order valence-electron chi connectivity index (χ1n) is 6.29. The van der Waals surface area contributed by atoms with Crippen LogP contribution in [0.5, 0.6) is 5.75 Å². The Labute approximate surface area is 109 Å². The number of phenols is 1. The Morgan fingerprint density at radius 1 is 1.28 bits per heavy atom. The van der Waals surface area contributed by atoms with Gasteiger partial charge in [0.2, 0.25) is 0 Å². The zero-order valence-electron chi connectivity index (χ0n) is 11.7. The van der Waals surface area contributed by atoms with E-state index in [0.29, 0.717) is 12.6 Å². The fourth-order valence-electron chi connectivity index (χ4n) is 2.18. The largest absolute Gasteiger partial charge is 0.508 e. The molecule has 0 aromatic heterocycles. The van der Waals surface area contributed by atoms with Gasteiger partial charge in [-0.25, -0.2) is 4.39 Å². The van der Waals surface area contributed by atoms with Gasteiger partial charge in [-0.05, 0) is 45.3 Å². The van der Waals surface area contributed by atoms with Crippen LogP contribution in [0.3, 0.4) is 0 Å². The third kappa shape index (κ3) is 4.63. The first-order valence-corrected chi connectivity index (χ1v) is 6.29. The summed E-state index contributed by atoms with van der Waals surface area (Å²) in [7, 11) is 4.08. The number of aromatic hydroxyl groups is 1. The average Bonchev–Trinajstić information content (AvgIpc) is 2.23. The van der Waals surface area contributed by atoms with E-state index in [2.05, 4.69) is 23.6 Å². The van der Waals surface area contributed by atoms with E-state index in [4.69, 9.17) is 0 Å². The van der Waals surface area contributed by atoms with E-state index in [0.717, 1.165) is 24.7 Å². The molecule has 102 valence electrons. The normalized spacial score (nSPS) is 13.3. The smallest absolute Gasteiger partial charge is 0.127 e. The lowest BCUT2D eigenvalue weighted by molar-refractivity contribution is 0.174. The molecule has 0 spiro atoms. The van der Waals surface area contributed by atoms with E-state index in [9.17, 15) is 9.50 Å². The molecule has 0 fully saturated rings. The molecule has 0 bridgehead atoms. The van der Waals surface area contributed by atoms with E-state index >= 15 is 0 Å². The molecule has 0 aliphatic rings. The Balaban J connectivity index is 2.72. The minimum atomic E-state index is -0.388. The van der Waals surface area contributed by atoms with Gasteiger partial charge in [0.15, 0.2) is 0 Å². The van der Waals surface area contributed by atoms with Crippen LogP contribution in [0.2, 0.25) is 0 Å². The molecule has 1 rings (SSSR count). The monoisotopic (exact) mass is 254 g/mol. The molecule has 0 radical (unpaired) electrons. The topological polar surface area (TPSA) is 26.7 Å². The molecule has 1 aromatic rings. The molecule has 1 atom stereocenters. The van der Waals surface area contributed by atoms with Crippen LogP contribution < -0.4 is 0 Å². The fraction of sp³-hybridized carbons (Fsp3) is 0.571. The van der Waals surface area contributed by atoms with Crippen LogP contribution in [0.15, 0.2) is 18.2 Å². The van der Waals surface area contributed by atoms with Crippen molar-refractivity contribution in [2.75, 3.05) is 27.2 Å². The highest BCUT2D eigenvalue weighted by atomic mass is 19.1. The molecule has 0 aliphatic carbocycles. The Hall–Kier alpha value is -1.13. The predicted octanol–water partition coefficient (Wildman–Crippen LogP) is 2.30. The first-order chi connectivity index (χ1) is 8.42. The lowest BCUT2D eigenvalue weighted by Gasteiger charge is -2.30. The van der Waals surface area contributed by atoms with Gasteiger partial charge in [-0.15, -0.1) is 0 Å². The predicted molar refractivity (Wildman–Crippen MR) is 72.2 cm³/mol. The van der Waals surface area contributed by atoms with Gasteiger partial charge in [0.25, 0.3) is 0 Å². The second-order valence-electron chi connectivity index (χ2n) is 4.99. The average molecular weight is 254 g/mol. The van der Waals surface area contributed by atoms with Crippen LogP contribution in [-0.4, -0.2) is 48.1 Å². The molecule has 3 nitrogen and oxygen atoms in total. The second kappa shape index (κ2) is 6.71. The number of hydrogen-bond acceptors (Lipinski definition) is 3. The summed E-state index contributed by atoms with van der Waals surface area (Å²) in [5, 5.41) is 9.40.